The van der Waals surface area contributed by atoms with Crippen LogP contribution in [-0.2, 0) is 16.1 Å². The zero-order valence-electron chi connectivity index (χ0n) is 16.7. The highest BCUT2D eigenvalue weighted by Crippen LogP contribution is 2.26. The molecule has 3 aromatic rings. The van der Waals surface area contributed by atoms with Gasteiger partial charge in [-0.2, -0.15) is 5.26 Å². The average Bonchev–Trinajstić information content (AvgIpc) is 3.13. The lowest BCUT2D eigenvalue weighted by Gasteiger charge is -2.26. The lowest BCUT2D eigenvalue weighted by Crippen LogP contribution is -2.41. The molecule has 1 fully saturated rings. The molecule has 9 heteroatoms. The maximum atomic E-state index is 12.8. The molecular weight excluding hydrogens is 398 g/mol. The van der Waals surface area contributed by atoms with Crippen LogP contribution in [0.3, 0.4) is 0 Å². The minimum atomic E-state index is -0.388. The van der Waals surface area contributed by atoms with Crippen LogP contribution in [0.25, 0.3) is 11.0 Å². The molecule has 1 aliphatic heterocycles. The van der Waals surface area contributed by atoms with Gasteiger partial charge in [-0.15, -0.1) is 0 Å². The number of nitrogens with one attached hydrogen (secondary N) is 1. The van der Waals surface area contributed by atoms with Gasteiger partial charge in [0.1, 0.15) is 6.61 Å². The molecule has 2 N–H and O–H groups in total. The van der Waals surface area contributed by atoms with Crippen LogP contribution in [0.2, 0.25) is 0 Å². The van der Waals surface area contributed by atoms with Gasteiger partial charge in [0.15, 0.2) is 0 Å². The molecule has 0 saturated carbocycles. The third-order valence-electron chi connectivity index (χ3n) is 5.05. The quantitative estimate of drug-likeness (QED) is 0.630. The molecule has 0 aliphatic carbocycles. The highest BCUT2D eigenvalue weighted by Gasteiger charge is 2.22. The number of morpholine rings is 1. The summed E-state index contributed by atoms with van der Waals surface area (Å²) < 4.78 is 7.01. The fraction of sp³-hybridized carbons (Fsp3) is 0.273. The Balaban J connectivity index is 1.68. The molecule has 1 aliphatic rings. The predicted octanol–water partition coefficient (Wildman–Crippen LogP) is 1.91. The summed E-state index contributed by atoms with van der Waals surface area (Å²) in [4.78, 5) is 31.1. The summed E-state index contributed by atoms with van der Waals surface area (Å²) in [6.07, 6.45) is 0.488. The van der Waals surface area contributed by atoms with Crippen LogP contribution in [0.5, 0.6) is 0 Å². The number of carbonyl (C=O) groups excluding carboxylic acids is 2. The molecule has 31 heavy (non-hydrogen) atoms. The van der Waals surface area contributed by atoms with E-state index in [4.69, 9.17) is 10.00 Å². The Morgan fingerprint density at radius 3 is 2.94 bits per heavy atom. The van der Waals surface area contributed by atoms with Crippen LogP contribution in [0.15, 0.2) is 42.5 Å². The Kier molecular flexibility index (Phi) is 5.93. The van der Waals surface area contributed by atoms with E-state index in [0.29, 0.717) is 54.4 Å². The molecule has 0 bridgehead atoms. The van der Waals surface area contributed by atoms with Gasteiger partial charge in [0, 0.05) is 30.9 Å². The van der Waals surface area contributed by atoms with E-state index in [1.807, 2.05) is 22.8 Å². The van der Waals surface area contributed by atoms with Gasteiger partial charge in [0.2, 0.25) is 5.95 Å². The van der Waals surface area contributed by atoms with Crippen molar-refractivity contribution in [1.29, 1.82) is 5.26 Å². The SMILES string of the molecule is N#Cc1cccc(C(=O)Nc2nc3cc(N4CCOCC4=O)ccc3n2CCCO)c1. The molecule has 158 valence electrons. The van der Waals surface area contributed by atoms with E-state index in [1.54, 1.807) is 29.2 Å². The summed E-state index contributed by atoms with van der Waals surface area (Å²) in [7, 11) is 0. The summed E-state index contributed by atoms with van der Waals surface area (Å²) in [5.41, 5.74) is 2.85. The molecule has 4 rings (SSSR count). The second-order valence-electron chi connectivity index (χ2n) is 7.08. The van der Waals surface area contributed by atoms with Crippen LogP contribution in [0.1, 0.15) is 22.3 Å². The number of carbonyl (C=O) groups is 2. The number of nitriles is 1. The lowest BCUT2D eigenvalue weighted by atomic mass is 10.1. The Morgan fingerprint density at radius 2 is 2.16 bits per heavy atom. The summed E-state index contributed by atoms with van der Waals surface area (Å²) in [5, 5.41) is 21.2. The van der Waals surface area contributed by atoms with Gasteiger partial charge in [-0.25, -0.2) is 4.98 Å². The van der Waals surface area contributed by atoms with Gasteiger partial charge in [0.05, 0.1) is 29.3 Å². The first-order valence-electron chi connectivity index (χ1n) is 9.91. The third kappa shape index (κ3) is 4.26. The number of fused-ring (bicyclic) bond motifs is 1. The Bertz CT molecular complexity index is 1180. The number of aromatic nitrogens is 2. The van der Waals surface area contributed by atoms with Crippen LogP contribution in [0, 0.1) is 11.3 Å². The number of aryl methyl sites for hydroxylation is 1. The van der Waals surface area contributed by atoms with E-state index in [2.05, 4.69) is 10.3 Å². The summed E-state index contributed by atoms with van der Waals surface area (Å²) in [5.74, 6) is -0.168. The van der Waals surface area contributed by atoms with Gasteiger partial charge in [-0.3, -0.25) is 14.9 Å². The fourth-order valence-electron chi connectivity index (χ4n) is 3.53. The molecule has 2 aromatic carbocycles. The molecule has 1 saturated heterocycles. The van der Waals surface area contributed by atoms with E-state index in [-0.39, 0.29) is 25.0 Å². The number of hydrogen-bond acceptors (Lipinski definition) is 6. The summed E-state index contributed by atoms with van der Waals surface area (Å²) in [6.45, 7) is 1.44. The second-order valence-corrected chi connectivity index (χ2v) is 7.08. The van der Waals surface area contributed by atoms with Crippen molar-refractivity contribution in [3.63, 3.8) is 0 Å². The summed E-state index contributed by atoms with van der Waals surface area (Å²) >= 11 is 0. The molecule has 9 nitrogen and oxygen atoms in total. The maximum absolute atomic E-state index is 12.8. The number of benzene rings is 2. The third-order valence-corrected chi connectivity index (χ3v) is 5.05. The van der Waals surface area contributed by atoms with Crippen LogP contribution >= 0.6 is 0 Å². The number of rotatable bonds is 6. The van der Waals surface area contributed by atoms with Gasteiger partial charge >= 0.3 is 0 Å². The first-order valence-corrected chi connectivity index (χ1v) is 9.91. The first-order chi connectivity index (χ1) is 15.1. The number of anilines is 2. The normalized spacial score (nSPS) is 13.9. The molecular formula is C22H21N5O4. The standard InChI is InChI=1S/C22H21N5O4/c23-13-15-3-1-4-16(11-15)21(30)25-22-24-18-12-17(26-8-10-31-14-20(26)29)5-6-19(18)27(22)7-2-9-28/h1,3-6,11-12,28H,2,7-10,14H2,(H,24,25,30). The van der Waals surface area contributed by atoms with E-state index in [1.165, 1.54) is 6.07 Å². The smallest absolute Gasteiger partial charge is 0.258 e. The molecule has 0 unspecified atom stereocenters. The largest absolute Gasteiger partial charge is 0.396 e. The molecule has 2 amide bonds. The monoisotopic (exact) mass is 419 g/mol. The second kappa shape index (κ2) is 8.95. The van der Waals surface area contributed by atoms with Crippen molar-refractivity contribution in [3.8, 4) is 6.07 Å². The van der Waals surface area contributed by atoms with Crippen molar-refractivity contribution in [1.82, 2.24) is 9.55 Å². The van der Waals surface area contributed by atoms with Crippen LogP contribution in [-0.4, -0.2) is 52.8 Å². The molecule has 0 radical (unpaired) electrons. The van der Waals surface area contributed by atoms with Gasteiger partial charge in [-0.05, 0) is 42.8 Å². The fourth-order valence-corrected chi connectivity index (χ4v) is 3.53. The minimum absolute atomic E-state index is 0.00234. The number of nitrogens with zero attached hydrogens (tertiary/aromatic N) is 4. The molecule has 0 atom stereocenters. The Morgan fingerprint density at radius 1 is 1.29 bits per heavy atom. The Hall–Kier alpha value is -3.74. The first kappa shape index (κ1) is 20.5. The van der Waals surface area contributed by atoms with Crippen molar-refractivity contribution in [2.45, 2.75) is 13.0 Å². The van der Waals surface area contributed by atoms with Crippen molar-refractivity contribution in [2.75, 3.05) is 36.6 Å². The van der Waals surface area contributed by atoms with Gasteiger partial charge in [-0.1, -0.05) is 6.07 Å². The van der Waals surface area contributed by atoms with E-state index >= 15 is 0 Å². The zero-order valence-corrected chi connectivity index (χ0v) is 16.7. The van der Waals surface area contributed by atoms with Crippen molar-refractivity contribution >= 4 is 34.5 Å². The average molecular weight is 419 g/mol. The van der Waals surface area contributed by atoms with E-state index in [9.17, 15) is 14.7 Å². The number of hydrogen-bond donors (Lipinski definition) is 2. The number of aliphatic hydroxyl groups is 1. The highest BCUT2D eigenvalue weighted by molar-refractivity contribution is 6.04. The van der Waals surface area contributed by atoms with Gasteiger partial charge < -0.3 is 19.3 Å². The number of ether oxygens (including phenoxy) is 1. The molecule has 1 aromatic heterocycles. The van der Waals surface area contributed by atoms with Crippen molar-refractivity contribution in [2.24, 2.45) is 0 Å². The number of imidazole rings is 1. The molecule has 2 heterocycles. The number of amides is 2. The van der Waals surface area contributed by atoms with Gasteiger partial charge in [0.25, 0.3) is 11.8 Å². The minimum Gasteiger partial charge on any atom is -0.396 e. The Labute approximate surface area is 178 Å². The zero-order chi connectivity index (χ0) is 21.8. The topological polar surface area (TPSA) is 120 Å². The van der Waals surface area contributed by atoms with Crippen molar-refractivity contribution < 1.29 is 19.4 Å². The van der Waals surface area contributed by atoms with E-state index < -0.39 is 0 Å². The van der Waals surface area contributed by atoms with Crippen LogP contribution in [0.4, 0.5) is 11.6 Å². The summed E-state index contributed by atoms with van der Waals surface area (Å²) in [6, 6.07) is 13.9. The predicted molar refractivity (Wildman–Crippen MR) is 114 cm³/mol. The highest BCUT2D eigenvalue weighted by atomic mass is 16.5. The van der Waals surface area contributed by atoms with Crippen LogP contribution < -0.4 is 10.2 Å². The molecule has 0 spiro atoms. The number of aliphatic hydroxyl groups excluding tert-OH is 1. The van der Waals surface area contributed by atoms with Crippen molar-refractivity contribution in [3.05, 3.63) is 53.6 Å². The lowest BCUT2D eigenvalue weighted by molar-refractivity contribution is -0.125. The maximum Gasteiger partial charge on any atom is 0.258 e. The van der Waals surface area contributed by atoms with E-state index in [0.717, 1.165) is 5.52 Å².